The average molecular weight is 361 g/mol. The molecule has 134 valence electrons. The van der Waals surface area contributed by atoms with Crippen LogP contribution < -0.4 is 0 Å². The van der Waals surface area contributed by atoms with Crippen LogP contribution in [0.4, 0.5) is 4.79 Å². The zero-order chi connectivity index (χ0) is 18.4. The van der Waals surface area contributed by atoms with E-state index < -0.39 is 17.1 Å². The molecule has 0 unspecified atom stereocenters. The number of rotatable bonds is 7. The molecule has 0 atom stereocenters. The number of nitrogens with zero attached hydrogens (tertiary/aromatic N) is 1. The van der Waals surface area contributed by atoms with Crippen LogP contribution in [-0.4, -0.2) is 35.2 Å². The number of hydrogen-bond donors (Lipinski definition) is 0. The highest BCUT2D eigenvalue weighted by molar-refractivity contribution is 8.18. The van der Waals surface area contributed by atoms with Gasteiger partial charge in [0, 0.05) is 0 Å². The van der Waals surface area contributed by atoms with E-state index in [4.69, 9.17) is 4.74 Å². The van der Waals surface area contributed by atoms with Crippen LogP contribution >= 0.6 is 11.8 Å². The average Bonchev–Trinajstić information content (AvgIpc) is 2.83. The van der Waals surface area contributed by atoms with E-state index in [2.05, 4.69) is 13.8 Å². The highest BCUT2D eigenvalue weighted by atomic mass is 32.2. The zero-order valence-corrected chi connectivity index (χ0v) is 15.6. The number of amides is 2. The Hall–Kier alpha value is -2.08. The van der Waals surface area contributed by atoms with E-state index in [1.165, 1.54) is 5.56 Å². The summed E-state index contributed by atoms with van der Waals surface area (Å²) in [6, 6.07) is 7.85. The molecule has 25 heavy (non-hydrogen) atoms. The first-order valence-electron chi connectivity index (χ1n) is 8.43. The van der Waals surface area contributed by atoms with Crippen LogP contribution in [0.1, 0.15) is 50.7 Å². The van der Waals surface area contributed by atoms with Gasteiger partial charge in [0.05, 0.1) is 11.5 Å². The molecule has 1 aliphatic rings. The van der Waals surface area contributed by atoms with Gasteiger partial charge in [-0.05, 0) is 41.3 Å². The Morgan fingerprint density at radius 1 is 1.24 bits per heavy atom. The summed E-state index contributed by atoms with van der Waals surface area (Å²) in [5, 5.41) is -0.442. The topological polar surface area (TPSA) is 63.7 Å². The van der Waals surface area contributed by atoms with Gasteiger partial charge in [-0.25, -0.2) is 0 Å². The molecule has 0 spiro atoms. The predicted molar refractivity (Wildman–Crippen MR) is 99.1 cm³/mol. The molecule has 0 N–H and O–H groups in total. The molecule has 1 aromatic rings. The maximum atomic E-state index is 12.4. The SMILES string of the molecule is CCCCOC(=O)CN1C(=O)S/C(=C/c2ccc(C(C)C)cc2)C1=O. The smallest absolute Gasteiger partial charge is 0.326 e. The van der Waals surface area contributed by atoms with Gasteiger partial charge in [-0.2, -0.15) is 0 Å². The van der Waals surface area contributed by atoms with E-state index >= 15 is 0 Å². The van der Waals surface area contributed by atoms with Crippen molar-refractivity contribution in [2.75, 3.05) is 13.2 Å². The highest BCUT2D eigenvalue weighted by Gasteiger charge is 2.36. The Labute approximate surface area is 152 Å². The Bertz CT molecular complexity index is 679. The lowest BCUT2D eigenvalue weighted by Crippen LogP contribution is -2.34. The lowest BCUT2D eigenvalue weighted by Gasteiger charge is -2.11. The molecule has 1 aliphatic heterocycles. The lowest BCUT2D eigenvalue weighted by atomic mass is 10.0. The van der Waals surface area contributed by atoms with Crippen LogP contribution in [0.2, 0.25) is 0 Å². The van der Waals surface area contributed by atoms with Crippen LogP contribution in [-0.2, 0) is 14.3 Å². The van der Waals surface area contributed by atoms with E-state index in [0.717, 1.165) is 35.1 Å². The summed E-state index contributed by atoms with van der Waals surface area (Å²) in [6.07, 6.45) is 3.35. The zero-order valence-electron chi connectivity index (χ0n) is 14.8. The summed E-state index contributed by atoms with van der Waals surface area (Å²) in [7, 11) is 0. The summed E-state index contributed by atoms with van der Waals surface area (Å²) >= 11 is 0.848. The molecule has 0 radical (unpaired) electrons. The second-order valence-electron chi connectivity index (χ2n) is 6.16. The van der Waals surface area contributed by atoms with Gasteiger partial charge in [0.15, 0.2) is 0 Å². The number of carbonyl (C=O) groups excluding carboxylic acids is 3. The van der Waals surface area contributed by atoms with Gasteiger partial charge in [-0.15, -0.1) is 0 Å². The van der Waals surface area contributed by atoms with Gasteiger partial charge in [-0.3, -0.25) is 19.3 Å². The van der Waals surface area contributed by atoms with Crippen molar-refractivity contribution >= 4 is 35.0 Å². The first kappa shape index (κ1) is 19.2. The third kappa shape index (κ3) is 5.19. The van der Waals surface area contributed by atoms with E-state index in [1.54, 1.807) is 6.08 Å². The fraction of sp³-hybridized carbons (Fsp3) is 0.421. The van der Waals surface area contributed by atoms with Gasteiger partial charge in [0.1, 0.15) is 6.54 Å². The predicted octanol–water partition coefficient (Wildman–Crippen LogP) is 4.19. The molecule has 1 saturated heterocycles. The molecular weight excluding hydrogens is 338 g/mol. The quantitative estimate of drug-likeness (QED) is 0.414. The summed E-state index contributed by atoms with van der Waals surface area (Å²) in [4.78, 5) is 37.4. The number of carbonyl (C=O) groups is 3. The van der Waals surface area contributed by atoms with Crippen molar-refractivity contribution in [2.45, 2.75) is 39.5 Å². The summed E-state index contributed by atoms with van der Waals surface area (Å²) in [6.45, 7) is 6.18. The normalized spacial score (nSPS) is 16.2. The molecule has 1 aromatic carbocycles. The van der Waals surface area contributed by atoms with Crippen LogP contribution in [0.3, 0.4) is 0 Å². The lowest BCUT2D eigenvalue weighted by molar-refractivity contribution is -0.146. The summed E-state index contributed by atoms with van der Waals surface area (Å²) in [5.74, 6) is -0.575. The number of benzene rings is 1. The standard InChI is InChI=1S/C19H23NO4S/c1-4-5-10-24-17(21)12-20-18(22)16(25-19(20)23)11-14-6-8-15(9-7-14)13(2)3/h6-9,11,13H,4-5,10,12H2,1-3H3/b16-11+. The van der Waals surface area contributed by atoms with Crippen molar-refractivity contribution in [1.29, 1.82) is 0 Å². The minimum Gasteiger partial charge on any atom is -0.464 e. The highest BCUT2D eigenvalue weighted by Crippen LogP contribution is 2.32. The van der Waals surface area contributed by atoms with Gasteiger partial charge in [0.2, 0.25) is 0 Å². The Morgan fingerprint density at radius 2 is 1.92 bits per heavy atom. The first-order valence-corrected chi connectivity index (χ1v) is 9.25. The van der Waals surface area contributed by atoms with Gasteiger partial charge < -0.3 is 4.74 Å². The van der Waals surface area contributed by atoms with E-state index in [9.17, 15) is 14.4 Å². The monoisotopic (exact) mass is 361 g/mol. The number of ether oxygens (including phenoxy) is 1. The first-order chi connectivity index (χ1) is 11.9. The number of thioether (sulfide) groups is 1. The Morgan fingerprint density at radius 3 is 2.52 bits per heavy atom. The second kappa shape index (κ2) is 8.85. The van der Waals surface area contributed by atoms with Crippen LogP contribution in [0, 0.1) is 0 Å². The third-order valence-corrected chi connectivity index (χ3v) is 4.73. The van der Waals surface area contributed by atoms with Crippen molar-refractivity contribution in [1.82, 2.24) is 4.90 Å². The minimum atomic E-state index is -0.557. The largest absolute Gasteiger partial charge is 0.464 e. The fourth-order valence-corrected chi connectivity index (χ4v) is 3.11. The third-order valence-electron chi connectivity index (χ3n) is 3.82. The fourth-order valence-electron chi connectivity index (χ4n) is 2.27. The number of hydrogen-bond acceptors (Lipinski definition) is 5. The van der Waals surface area contributed by atoms with Crippen LogP contribution in [0.25, 0.3) is 6.08 Å². The maximum absolute atomic E-state index is 12.4. The van der Waals surface area contributed by atoms with Gasteiger partial charge in [0.25, 0.3) is 11.1 Å². The molecule has 0 bridgehead atoms. The number of unbranched alkanes of at least 4 members (excludes halogenated alkanes) is 1. The van der Waals surface area contributed by atoms with Crippen molar-refractivity contribution < 1.29 is 19.1 Å². The molecule has 6 heteroatoms. The summed E-state index contributed by atoms with van der Waals surface area (Å²) < 4.78 is 5.02. The molecule has 1 fully saturated rings. The van der Waals surface area contributed by atoms with Crippen molar-refractivity contribution in [2.24, 2.45) is 0 Å². The Balaban J connectivity index is 2.03. The number of esters is 1. The maximum Gasteiger partial charge on any atom is 0.326 e. The Kier molecular flexibility index (Phi) is 6.82. The molecule has 5 nitrogen and oxygen atoms in total. The number of imide groups is 1. The van der Waals surface area contributed by atoms with E-state index in [0.29, 0.717) is 17.4 Å². The van der Waals surface area contributed by atoms with Crippen molar-refractivity contribution in [3.05, 3.63) is 40.3 Å². The summed E-state index contributed by atoms with van der Waals surface area (Å²) in [5.41, 5.74) is 2.06. The van der Waals surface area contributed by atoms with Gasteiger partial charge in [-0.1, -0.05) is 51.5 Å². The van der Waals surface area contributed by atoms with Crippen LogP contribution in [0.15, 0.2) is 29.2 Å². The second-order valence-corrected chi connectivity index (χ2v) is 7.16. The molecule has 1 heterocycles. The molecule has 0 aromatic heterocycles. The van der Waals surface area contributed by atoms with Crippen LogP contribution in [0.5, 0.6) is 0 Å². The van der Waals surface area contributed by atoms with E-state index in [1.807, 2.05) is 31.2 Å². The minimum absolute atomic E-state index is 0.309. The van der Waals surface area contributed by atoms with Crippen molar-refractivity contribution in [3.63, 3.8) is 0 Å². The molecule has 2 amide bonds. The molecule has 0 aliphatic carbocycles. The molecule has 2 rings (SSSR count). The molecular formula is C19H23NO4S. The van der Waals surface area contributed by atoms with E-state index in [-0.39, 0.29) is 6.54 Å². The molecule has 0 saturated carbocycles. The van der Waals surface area contributed by atoms with Gasteiger partial charge >= 0.3 is 5.97 Å². The van der Waals surface area contributed by atoms with Crippen molar-refractivity contribution in [3.8, 4) is 0 Å².